The van der Waals surface area contributed by atoms with Gasteiger partial charge in [-0.2, -0.15) is 0 Å². The number of benzene rings is 3. The monoisotopic (exact) mass is 431 g/mol. The Morgan fingerprint density at radius 2 is 1.39 bits per heavy atom. The maximum Gasteiger partial charge on any atom is 0.0869 e. The van der Waals surface area contributed by atoms with Crippen molar-refractivity contribution >= 4 is 28.5 Å². The third-order valence-electron chi connectivity index (χ3n) is 5.78. The smallest absolute Gasteiger partial charge is 0.0869 e. The van der Waals surface area contributed by atoms with Crippen LogP contribution in [0, 0.1) is 13.8 Å². The fraction of sp³-hybridized carbons (Fsp3) is 0.100. The van der Waals surface area contributed by atoms with Crippen LogP contribution in [-0.2, 0) is 0 Å². The van der Waals surface area contributed by atoms with Gasteiger partial charge < -0.3 is 10.2 Å². The lowest BCUT2D eigenvalue weighted by Gasteiger charge is -2.28. The van der Waals surface area contributed by atoms with Gasteiger partial charge in [-0.25, -0.2) is 4.99 Å². The zero-order chi connectivity index (χ0) is 23.2. The van der Waals surface area contributed by atoms with E-state index in [2.05, 4.69) is 128 Å². The minimum atomic E-state index is 0.172. The first-order valence-electron chi connectivity index (χ1n) is 11.1. The molecule has 0 bridgehead atoms. The molecular formula is C30H29N3. The van der Waals surface area contributed by atoms with Crippen molar-refractivity contribution in [3.05, 3.63) is 133 Å². The van der Waals surface area contributed by atoms with Crippen LogP contribution in [0.5, 0.6) is 0 Å². The number of para-hydroxylation sites is 2. The molecule has 164 valence electrons. The molecule has 3 nitrogen and oxygen atoms in total. The van der Waals surface area contributed by atoms with Crippen LogP contribution in [0.3, 0.4) is 0 Å². The molecule has 1 N–H and O–H groups in total. The van der Waals surface area contributed by atoms with Crippen molar-refractivity contribution in [2.24, 2.45) is 4.99 Å². The Morgan fingerprint density at radius 1 is 0.788 bits per heavy atom. The van der Waals surface area contributed by atoms with E-state index in [4.69, 9.17) is 4.99 Å². The van der Waals surface area contributed by atoms with E-state index in [0.717, 1.165) is 22.7 Å². The Bertz CT molecular complexity index is 1200. The van der Waals surface area contributed by atoms with Crippen molar-refractivity contribution in [2.45, 2.75) is 19.9 Å². The Kier molecular flexibility index (Phi) is 6.70. The molecule has 33 heavy (non-hydrogen) atoms. The molecule has 1 heterocycles. The predicted octanol–water partition coefficient (Wildman–Crippen LogP) is 7.41. The topological polar surface area (TPSA) is 27.6 Å². The van der Waals surface area contributed by atoms with Crippen LogP contribution < -0.4 is 10.2 Å². The van der Waals surface area contributed by atoms with Crippen LogP contribution in [0.1, 0.15) is 16.7 Å². The van der Waals surface area contributed by atoms with Crippen molar-refractivity contribution in [3.63, 3.8) is 0 Å². The van der Waals surface area contributed by atoms with E-state index in [1.54, 1.807) is 0 Å². The summed E-state index contributed by atoms with van der Waals surface area (Å²) in [5.74, 6) is 0. The lowest BCUT2D eigenvalue weighted by molar-refractivity contribution is 0.862. The first-order chi connectivity index (χ1) is 16.2. The number of aryl methyl sites for hydroxylation is 2. The molecule has 0 saturated carbocycles. The van der Waals surface area contributed by atoms with Gasteiger partial charge in [0, 0.05) is 28.8 Å². The molecule has 1 unspecified atom stereocenters. The van der Waals surface area contributed by atoms with E-state index >= 15 is 0 Å². The van der Waals surface area contributed by atoms with E-state index in [-0.39, 0.29) is 6.04 Å². The number of hydrogen-bond acceptors (Lipinski definition) is 3. The molecule has 2 aliphatic rings. The summed E-state index contributed by atoms with van der Waals surface area (Å²) in [5.41, 5.74) is 9.08. The van der Waals surface area contributed by atoms with Gasteiger partial charge in [-0.05, 0) is 55.3 Å². The Hall–Kier alpha value is -4.11. The minimum absolute atomic E-state index is 0.172. The second-order valence-electron chi connectivity index (χ2n) is 7.91. The van der Waals surface area contributed by atoms with E-state index < -0.39 is 0 Å². The van der Waals surface area contributed by atoms with Crippen molar-refractivity contribution in [2.75, 3.05) is 4.90 Å². The number of aliphatic imine (C=N–C) groups is 1. The van der Waals surface area contributed by atoms with Gasteiger partial charge >= 0.3 is 0 Å². The third kappa shape index (κ3) is 4.58. The molecule has 1 aliphatic carbocycles. The summed E-state index contributed by atoms with van der Waals surface area (Å²) in [6.45, 7) is 10.3. The van der Waals surface area contributed by atoms with Gasteiger partial charge in [-0.15, -0.1) is 13.2 Å². The maximum atomic E-state index is 4.86. The maximum absolute atomic E-state index is 4.86. The standard InChI is InChI=1S/C28H25N3.C2H4/c1-20-9-3-7-13-27(20)31(28-14-8-4-10-21(28)2)23-17-15-22(16-18-23)26-19-29-24-11-5-6-12-25(24)30-26;1-2/h3-19,24,29H,1-2H3;1-2H2. The Balaban J connectivity index is 0.00000126. The Labute approximate surface area is 196 Å². The summed E-state index contributed by atoms with van der Waals surface area (Å²) in [5, 5.41) is 3.43. The molecule has 3 heteroatoms. The highest BCUT2D eigenvalue weighted by atomic mass is 15.1. The molecule has 0 aromatic heterocycles. The predicted molar refractivity (Wildman–Crippen MR) is 142 cm³/mol. The lowest BCUT2D eigenvalue weighted by atomic mass is 10.0. The van der Waals surface area contributed by atoms with Gasteiger partial charge in [0.1, 0.15) is 0 Å². The summed E-state index contributed by atoms with van der Waals surface area (Å²) in [6, 6.07) is 25.9. The molecule has 3 aromatic carbocycles. The molecule has 0 amide bonds. The van der Waals surface area contributed by atoms with E-state index in [1.165, 1.54) is 22.5 Å². The van der Waals surface area contributed by atoms with E-state index in [9.17, 15) is 0 Å². The quantitative estimate of drug-likeness (QED) is 0.435. The van der Waals surface area contributed by atoms with Crippen molar-refractivity contribution in [3.8, 4) is 0 Å². The van der Waals surface area contributed by atoms with Gasteiger partial charge in [0.05, 0.1) is 17.5 Å². The third-order valence-corrected chi connectivity index (χ3v) is 5.78. The molecule has 3 aromatic rings. The van der Waals surface area contributed by atoms with Gasteiger partial charge in [-0.1, -0.05) is 66.8 Å². The SMILES string of the molecule is C=C.Cc1ccccc1N(c1ccc(C2=CNC3C=CC=CC3=N2)cc1)c1ccccc1C. The number of nitrogens with one attached hydrogen (secondary N) is 1. The Morgan fingerprint density at radius 3 is 2.00 bits per heavy atom. The van der Waals surface area contributed by atoms with Crippen molar-refractivity contribution < 1.29 is 0 Å². The molecule has 1 atom stereocenters. The highest BCUT2D eigenvalue weighted by Crippen LogP contribution is 2.38. The van der Waals surface area contributed by atoms with E-state index in [1.807, 2.05) is 12.3 Å². The zero-order valence-electron chi connectivity index (χ0n) is 19.2. The van der Waals surface area contributed by atoms with Gasteiger partial charge in [-0.3, -0.25) is 0 Å². The molecule has 0 radical (unpaired) electrons. The first kappa shape index (κ1) is 22.1. The normalized spacial score (nSPS) is 15.9. The van der Waals surface area contributed by atoms with Crippen LogP contribution >= 0.6 is 0 Å². The van der Waals surface area contributed by atoms with Crippen LogP contribution in [0.15, 0.2) is 121 Å². The number of rotatable bonds is 4. The zero-order valence-corrected chi connectivity index (χ0v) is 19.2. The molecule has 0 saturated heterocycles. The largest absolute Gasteiger partial charge is 0.377 e. The molecule has 0 spiro atoms. The summed E-state index contributed by atoms with van der Waals surface area (Å²) in [6.07, 6.45) is 10.3. The van der Waals surface area contributed by atoms with Crippen molar-refractivity contribution in [1.82, 2.24) is 5.32 Å². The number of nitrogens with zero attached hydrogens (tertiary/aromatic N) is 2. The summed E-state index contributed by atoms with van der Waals surface area (Å²) < 4.78 is 0. The van der Waals surface area contributed by atoms with Crippen LogP contribution in [0.2, 0.25) is 0 Å². The van der Waals surface area contributed by atoms with Gasteiger partial charge in [0.15, 0.2) is 0 Å². The molecule has 1 aliphatic heterocycles. The molecule has 0 fully saturated rings. The highest BCUT2D eigenvalue weighted by Gasteiger charge is 2.19. The molecule has 5 rings (SSSR count). The second kappa shape index (κ2) is 10.0. The lowest BCUT2D eigenvalue weighted by Crippen LogP contribution is -2.34. The summed E-state index contributed by atoms with van der Waals surface area (Å²) in [4.78, 5) is 7.19. The van der Waals surface area contributed by atoms with Crippen LogP contribution in [-0.4, -0.2) is 11.8 Å². The number of fused-ring (bicyclic) bond motifs is 1. The minimum Gasteiger partial charge on any atom is -0.377 e. The number of allylic oxidation sites excluding steroid dienone is 2. The van der Waals surface area contributed by atoms with Gasteiger partial charge in [0.2, 0.25) is 0 Å². The number of hydrogen-bond donors (Lipinski definition) is 1. The van der Waals surface area contributed by atoms with Gasteiger partial charge in [0.25, 0.3) is 0 Å². The highest BCUT2D eigenvalue weighted by molar-refractivity contribution is 6.05. The molecular weight excluding hydrogens is 402 g/mol. The number of anilines is 3. The summed E-state index contributed by atoms with van der Waals surface area (Å²) >= 11 is 0. The van der Waals surface area contributed by atoms with Crippen LogP contribution in [0.4, 0.5) is 17.1 Å². The summed E-state index contributed by atoms with van der Waals surface area (Å²) in [7, 11) is 0. The average Bonchev–Trinajstić information content (AvgIpc) is 2.88. The fourth-order valence-electron chi connectivity index (χ4n) is 4.09. The van der Waals surface area contributed by atoms with E-state index in [0.29, 0.717) is 0 Å². The van der Waals surface area contributed by atoms with Crippen molar-refractivity contribution in [1.29, 1.82) is 0 Å². The second-order valence-corrected chi connectivity index (χ2v) is 7.91. The fourth-order valence-corrected chi connectivity index (χ4v) is 4.09. The van der Waals surface area contributed by atoms with Crippen LogP contribution in [0.25, 0.3) is 5.70 Å². The average molecular weight is 432 g/mol. The first-order valence-corrected chi connectivity index (χ1v) is 11.1.